The monoisotopic (exact) mass is 440 g/mol. The van der Waals surface area contributed by atoms with Crippen molar-refractivity contribution in [2.45, 2.75) is 70.8 Å². The van der Waals surface area contributed by atoms with E-state index in [9.17, 15) is 15.0 Å². The van der Waals surface area contributed by atoms with E-state index in [1.807, 2.05) is 0 Å². The Morgan fingerprint density at radius 2 is 1.90 bits per heavy atom. The minimum absolute atomic E-state index is 0.0391. The number of furan rings is 1. The third-order valence-electron chi connectivity index (χ3n) is 5.72. The summed E-state index contributed by atoms with van der Waals surface area (Å²) in [4.78, 5) is 16.2. The van der Waals surface area contributed by atoms with Gasteiger partial charge in [-0.05, 0) is 44.4 Å². The fourth-order valence-corrected chi connectivity index (χ4v) is 3.87. The van der Waals surface area contributed by atoms with E-state index in [0.717, 1.165) is 63.3 Å². The van der Waals surface area contributed by atoms with E-state index < -0.39 is 18.3 Å². The maximum atomic E-state index is 12.2. The van der Waals surface area contributed by atoms with Crippen LogP contribution in [-0.2, 0) is 27.2 Å². The molecule has 0 bridgehead atoms. The van der Waals surface area contributed by atoms with Crippen LogP contribution in [0.2, 0.25) is 0 Å². The van der Waals surface area contributed by atoms with Crippen LogP contribution in [0.4, 0.5) is 0 Å². The summed E-state index contributed by atoms with van der Waals surface area (Å²) < 4.78 is 16.9. The summed E-state index contributed by atoms with van der Waals surface area (Å²) >= 11 is 0. The minimum Gasteiger partial charge on any atom is -0.465 e. The summed E-state index contributed by atoms with van der Waals surface area (Å²) in [6.07, 6.45) is 1.77. The number of hydrogen-bond acceptors (Lipinski definition) is 7. The molecule has 1 aliphatic rings. The lowest BCUT2D eigenvalue weighted by atomic mass is 10.1. The third-order valence-corrected chi connectivity index (χ3v) is 5.72. The highest BCUT2D eigenvalue weighted by Gasteiger charge is 2.29. The van der Waals surface area contributed by atoms with Crippen LogP contribution >= 0.6 is 0 Å². The first-order chi connectivity index (χ1) is 14.9. The second-order valence-electron chi connectivity index (χ2n) is 8.33. The van der Waals surface area contributed by atoms with Gasteiger partial charge in [0.05, 0.1) is 13.2 Å². The summed E-state index contributed by atoms with van der Waals surface area (Å²) in [6.45, 7) is 7.48. The lowest BCUT2D eigenvalue weighted by Crippen LogP contribution is -2.48. The Labute approximate surface area is 186 Å². The number of methoxy groups -OCH3 is 1. The molecule has 1 aromatic rings. The quantitative estimate of drug-likeness (QED) is 0.721. The van der Waals surface area contributed by atoms with E-state index in [4.69, 9.17) is 13.9 Å². The lowest BCUT2D eigenvalue weighted by Gasteiger charge is -2.31. The summed E-state index contributed by atoms with van der Waals surface area (Å²) in [5, 5.41) is 20.7. The SMILES string of the molecule is CCCc1ccc(CN2CCCCOC[C@H](O)[C@H](O)[C@@H](OC)CN(C(C)=O)CCC2)o1. The van der Waals surface area contributed by atoms with E-state index in [1.54, 1.807) is 4.90 Å². The molecule has 8 heteroatoms. The van der Waals surface area contributed by atoms with Crippen LogP contribution in [-0.4, -0.2) is 90.7 Å². The fourth-order valence-electron chi connectivity index (χ4n) is 3.87. The van der Waals surface area contributed by atoms with Crippen molar-refractivity contribution in [3.63, 3.8) is 0 Å². The van der Waals surface area contributed by atoms with Gasteiger partial charge in [0.15, 0.2) is 0 Å². The minimum atomic E-state index is -1.12. The largest absolute Gasteiger partial charge is 0.465 e. The Bertz CT molecular complexity index is 637. The van der Waals surface area contributed by atoms with Gasteiger partial charge >= 0.3 is 0 Å². The molecule has 3 atom stereocenters. The Morgan fingerprint density at radius 1 is 1.16 bits per heavy atom. The number of aliphatic hydroxyl groups excluding tert-OH is 2. The summed E-state index contributed by atoms with van der Waals surface area (Å²) in [5.41, 5.74) is 0. The van der Waals surface area contributed by atoms with Crippen molar-refractivity contribution in [3.8, 4) is 0 Å². The van der Waals surface area contributed by atoms with Gasteiger partial charge in [0.1, 0.15) is 29.8 Å². The van der Waals surface area contributed by atoms with Crippen molar-refractivity contribution in [3.05, 3.63) is 23.7 Å². The Hall–Kier alpha value is -1.45. The molecule has 0 saturated carbocycles. The average molecular weight is 441 g/mol. The standard InChI is InChI=1S/C23H40N2O6/c1-4-8-19-9-10-20(31-19)15-24-11-5-6-14-30-17-21(27)23(28)22(29-3)16-25(18(2)26)13-7-12-24/h9-10,21-23,27-28H,4-8,11-17H2,1-3H3/t21-,22-,23-/m0/s1. The number of aryl methyl sites for hydroxylation is 1. The van der Waals surface area contributed by atoms with E-state index >= 15 is 0 Å². The molecular formula is C23H40N2O6. The van der Waals surface area contributed by atoms with Crippen molar-refractivity contribution in [1.29, 1.82) is 0 Å². The van der Waals surface area contributed by atoms with Crippen molar-refractivity contribution >= 4 is 5.91 Å². The first-order valence-corrected chi connectivity index (χ1v) is 11.5. The molecular weight excluding hydrogens is 400 g/mol. The highest BCUT2D eigenvalue weighted by molar-refractivity contribution is 5.73. The molecule has 2 N–H and O–H groups in total. The van der Waals surface area contributed by atoms with Crippen LogP contribution in [0.25, 0.3) is 0 Å². The zero-order valence-electron chi connectivity index (χ0n) is 19.3. The van der Waals surface area contributed by atoms with E-state index in [2.05, 4.69) is 24.0 Å². The van der Waals surface area contributed by atoms with Gasteiger partial charge in [0.2, 0.25) is 5.91 Å². The Morgan fingerprint density at radius 3 is 2.61 bits per heavy atom. The third kappa shape index (κ3) is 8.90. The van der Waals surface area contributed by atoms with Gasteiger partial charge in [0.25, 0.3) is 0 Å². The average Bonchev–Trinajstić information content (AvgIpc) is 3.18. The van der Waals surface area contributed by atoms with Gasteiger partial charge < -0.3 is 29.0 Å². The molecule has 1 aliphatic heterocycles. The van der Waals surface area contributed by atoms with Gasteiger partial charge in [-0.15, -0.1) is 0 Å². The predicted molar refractivity (Wildman–Crippen MR) is 118 cm³/mol. The van der Waals surface area contributed by atoms with Crippen LogP contribution < -0.4 is 0 Å². The smallest absolute Gasteiger partial charge is 0.219 e. The van der Waals surface area contributed by atoms with Crippen molar-refractivity contribution in [2.75, 3.05) is 46.5 Å². The van der Waals surface area contributed by atoms with Gasteiger partial charge in [0, 0.05) is 46.7 Å². The van der Waals surface area contributed by atoms with Crippen LogP contribution in [0.5, 0.6) is 0 Å². The van der Waals surface area contributed by atoms with Crippen LogP contribution in [0.15, 0.2) is 16.5 Å². The van der Waals surface area contributed by atoms with Crippen molar-refractivity contribution in [2.24, 2.45) is 0 Å². The topological polar surface area (TPSA) is 95.6 Å². The molecule has 31 heavy (non-hydrogen) atoms. The Kier molecular flexibility index (Phi) is 11.5. The molecule has 2 heterocycles. The molecule has 0 aromatic carbocycles. The predicted octanol–water partition coefficient (Wildman–Crippen LogP) is 1.82. The van der Waals surface area contributed by atoms with Crippen molar-refractivity contribution in [1.82, 2.24) is 9.80 Å². The van der Waals surface area contributed by atoms with Crippen molar-refractivity contribution < 1.29 is 28.9 Å². The number of amides is 1. The van der Waals surface area contributed by atoms with Gasteiger partial charge in [-0.1, -0.05) is 6.92 Å². The van der Waals surface area contributed by atoms with E-state index in [-0.39, 0.29) is 19.1 Å². The summed E-state index contributed by atoms with van der Waals surface area (Å²) in [6, 6.07) is 4.11. The highest BCUT2D eigenvalue weighted by Crippen LogP contribution is 2.14. The zero-order chi connectivity index (χ0) is 22.6. The molecule has 1 amide bonds. The molecule has 1 aromatic heterocycles. The van der Waals surface area contributed by atoms with Gasteiger partial charge in [-0.3, -0.25) is 9.69 Å². The van der Waals surface area contributed by atoms with E-state index in [0.29, 0.717) is 13.2 Å². The second-order valence-corrected chi connectivity index (χ2v) is 8.33. The second kappa shape index (κ2) is 13.9. The van der Waals surface area contributed by atoms with Gasteiger partial charge in [-0.2, -0.15) is 0 Å². The number of rotatable bonds is 5. The fraction of sp³-hybridized carbons (Fsp3) is 0.783. The number of aliphatic hydroxyl groups is 2. The Balaban J connectivity index is 2.03. The first-order valence-electron chi connectivity index (χ1n) is 11.5. The maximum absolute atomic E-state index is 12.2. The molecule has 1 saturated heterocycles. The lowest BCUT2D eigenvalue weighted by molar-refractivity contribution is -0.136. The zero-order valence-corrected chi connectivity index (χ0v) is 19.3. The number of carbonyl (C=O) groups excluding carboxylic acids is 1. The van der Waals surface area contributed by atoms with Gasteiger partial charge in [-0.25, -0.2) is 0 Å². The molecule has 2 rings (SSSR count). The van der Waals surface area contributed by atoms with E-state index in [1.165, 1.54) is 14.0 Å². The van der Waals surface area contributed by atoms with Crippen LogP contribution in [0, 0.1) is 0 Å². The highest BCUT2D eigenvalue weighted by atomic mass is 16.5. The molecule has 0 radical (unpaired) electrons. The summed E-state index contributed by atoms with van der Waals surface area (Å²) in [7, 11) is 1.48. The number of nitrogens with zero attached hydrogens (tertiary/aromatic N) is 2. The maximum Gasteiger partial charge on any atom is 0.219 e. The summed E-state index contributed by atoms with van der Waals surface area (Å²) in [5.74, 6) is 1.91. The number of hydrogen-bond donors (Lipinski definition) is 2. The molecule has 0 aliphatic carbocycles. The number of carbonyl (C=O) groups is 1. The molecule has 1 fully saturated rings. The van der Waals surface area contributed by atoms with Crippen LogP contribution in [0.3, 0.4) is 0 Å². The molecule has 0 unspecified atom stereocenters. The molecule has 178 valence electrons. The normalized spacial score (nSPS) is 25.7. The number of ether oxygens (including phenoxy) is 2. The molecule has 0 spiro atoms. The van der Waals surface area contributed by atoms with Crippen LogP contribution in [0.1, 0.15) is 51.1 Å². The molecule has 8 nitrogen and oxygen atoms in total. The first kappa shape index (κ1) is 25.8.